The Morgan fingerprint density at radius 1 is 0.522 bits per heavy atom. The number of nitrogens with zero attached hydrogens (tertiary/aromatic N) is 9. The second-order valence-corrected chi connectivity index (χ2v) is 27.4. The topological polar surface area (TPSA) is 475 Å². The molecule has 0 spiro atoms. The number of nitrogens with two attached hydrogens (primary N) is 1. The Labute approximate surface area is 647 Å². The fourth-order valence-corrected chi connectivity index (χ4v) is 9.93. The molecule has 33 heteroatoms. The number of carboxylic acid groups (broad SMARTS) is 1. The maximum atomic E-state index is 12.5. The number of hydrogen-bond acceptors (Lipinski definition) is 27. The van der Waals surface area contributed by atoms with E-state index < -0.39 is 70.5 Å². The van der Waals surface area contributed by atoms with Crippen LogP contribution < -0.4 is 24.7 Å². The molecule has 0 fully saturated rings. The number of nitriles is 4. The van der Waals surface area contributed by atoms with Crippen LogP contribution in [-0.4, -0.2) is 153 Å². The molecule has 11 rings (SSSR count). The summed E-state index contributed by atoms with van der Waals surface area (Å²) in [5, 5.41) is 64.2. The fourth-order valence-electron chi connectivity index (χ4n) is 9.93. The number of H-pyrrole nitrogens is 2. The first-order valence-electron chi connectivity index (χ1n) is 33.6. The average molecular weight is 1550 g/mol. The van der Waals surface area contributed by atoms with Crippen LogP contribution in [0, 0.1) is 45.3 Å². The van der Waals surface area contributed by atoms with E-state index in [0.717, 1.165) is 32.1 Å². The van der Waals surface area contributed by atoms with Gasteiger partial charge in [-0.05, 0) is 156 Å². The average Bonchev–Trinajstić information content (AvgIpc) is 1.60. The zero-order valence-corrected chi connectivity index (χ0v) is 65.0. The highest BCUT2D eigenvalue weighted by molar-refractivity contribution is 6.06. The molecular weight excluding hydrogens is 1460 g/mol. The lowest BCUT2D eigenvalue weighted by molar-refractivity contribution is -0.0295. The number of oxime groups is 1. The van der Waals surface area contributed by atoms with Crippen LogP contribution in [-0.2, 0) is 33.2 Å². The van der Waals surface area contributed by atoms with E-state index in [-0.39, 0.29) is 22.8 Å². The molecule has 11 aromatic rings. The molecule has 588 valence electrons. The van der Waals surface area contributed by atoms with E-state index >= 15 is 0 Å². The molecule has 5 heterocycles. The second kappa shape index (κ2) is 37.8. The number of carboxylic acids is 1. The van der Waals surface area contributed by atoms with Crippen LogP contribution in [0.4, 0.5) is 19.2 Å². The van der Waals surface area contributed by atoms with Gasteiger partial charge in [0.2, 0.25) is 5.82 Å². The number of esters is 2. The lowest BCUT2D eigenvalue weighted by Gasteiger charge is -2.20. The van der Waals surface area contributed by atoms with Gasteiger partial charge in [-0.25, -0.2) is 38.1 Å². The number of amidine groups is 1. The standard InChI is InChI=1S/C20H14N4O4.C16H16N2O5.C15H16N2O3.C10H8N2O.C10H18O5.C9H10N2O3/c1-26-13-6-7-14-15(10-21)17(22-16(14)9-13)19-23-18(24-28-19)11-4-3-5-12(8-11)20(25)27-2;1-16(2,3)23-15(21)18-12-7-9(22-4)5-6-10(12)11(8-17)13(18)14(19)20;1-15(2,3)20-14(18)17-9-10(8-16)12-6-5-11(19-4)7-13(12)17;1-13-8-2-3-9-7(5-11)6-12-10(9)4-8;1-9(2,3)14-7(11)13-8(12)15-10(4,5)6;1-14-9(12)7-4-2-3-6(5-7)8(10)11-13/h3-9,22H,1-2H3;5-7H,1-4H3,(H,19,20);5-7,9H,1-4H3;2-4,6,12H,1H3;1-6H3;2-5,13H,1H3,(H2,10,11). The van der Waals surface area contributed by atoms with Crippen LogP contribution in [0.3, 0.4) is 0 Å². The zero-order valence-electron chi connectivity index (χ0n) is 65.0. The van der Waals surface area contributed by atoms with Crippen LogP contribution in [0.15, 0.2) is 143 Å². The number of ether oxygens (including phenoxy) is 11. The molecule has 6 aromatic carbocycles. The maximum Gasteiger partial charge on any atom is 0.519 e. The molecule has 5 aromatic heterocycles. The van der Waals surface area contributed by atoms with Gasteiger partial charge in [-0.1, -0.05) is 34.6 Å². The number of fused-ring (bicyclic) bond motifs is 4. The van der Waals surface area contributed by atoms with Gasteiger partial charge in [0.25, 0.3) is 5.89 Å². The van der Waals surface area contributed by atoms with E-state index in [9.17, 15) is 49.2 Å². The molecule has 0 aliphatic carbocycles. The van der Waals surface area contributed by atoms with Crippen molar-refractivity contribution in [2.24, 2.45) is 10.9 Å². The van der Waals surface area contributed by atoms with E-state index in [4.69, 9.17) is 68.6 Å². The molecule has 6 N–H and O–H groups in total. The molecular formula is C80H82N12O21. The maximum absolute atomic E-state index is 12.5. The van der Waals surface area contributed by atoms with Gasteiger partial charge in [0, 0.05) is 69.3 Å². The monoisotopic (exact) mass is 1550 g/mol. The third kappa shape index (κ3) is 23.6. The van der Waals surface area contributed by atoms with Gasteiger partial charge < -0.3 is 82.6 Å². The van der Waals surface area contributed by atoms with Gasteiger partial charge in [0.15, 0.2) is 11.5 Å². The fraction of sp³-hybridized carbons (Fsp3) is 0.275. The van der Waals surface area contributed by atoms with Crippen molar-refractivity contribution >= 4 is 91.9 Å². The van der Waals surface area contributed by atoms with Crippen molar-refractivity contribution in [3.8, 4) is 70.2 Å². The molecule has 0 amide bonds. The summed E-state index contributed by atoms with van der Waals surface area (Å²) in [5.41, 5.74) is 8.22. The van der Waals surface area contributed by atoms with Crippen LogP contribution >= 0.6 is 0 Å². The van der Waals surface area contributed by atoms with E-state index in [1.54, 1.807) is 202 Å². The van der Waals surface area contributed by atoms with Crippen LogP contribution in [0.25, 0.3) is 66.6 Å². The Hall–Kier alpha value is -14.9. The van der Waals surface area contributed by atoms with Gasteiger partial charge in [0.1, 0.15) is 75.4 Å². The smallest absolute Gasteiger partial charge is 0.497 e. The van der Waals surface area contributed by atoms with Crippen molar-refractivity contribution in [1.29, 1.82) is 21.0 Å². The number of aromatic amines is 2. The van der Waals surface area contributed by atoms with Crippen molar-refractivity contribution in [3.63, 3.8) is 0 Å². The number of aromatic nitrogens is 6. The van der Waals surface area contributed by atoms with Crippen LogP contribution in [0.1, 0.15) is 142 Å². The Morgan fingerprint density at radius 2 is 0.991 bits per heavy atom. The molecule has 0 radical (unpaired) electrons. The first-order valence-corrected chi connectivity index (χ1v) is 33.6. The van der Waals surface area contributed by atoms with Crippen molar-refractivity contribution in [2.45, 2.75) is 105 Å². The van der Waals surface area contributed by atoms with Crippen molar-refractivity contribution in [3.05, 3.63) is 178 Å². The van der Waals surface area contributed by atoms with E-state index in [1.807, 2.05) is 24.3 Å². The normalized spacial score (nSPS) is 10.9. The number of hydrogen-bond donors (Lipinski definition) is 5. The Kier molecular flexibility index (Phi) is 29.1. The summed E-state index contributed by atoms with van der Waals surface area (Å²) in [7, 11) is 8.80. The molecule has 0 aliphatic rings. The molecule has 33 nitrogen and oxygen atoms in total. The van der Waals surface area contributed by atoms with Gasteiger partial charge in [-0.2, -0.15) is 26.0 Å². The summed E-state index contributed by atoms with van der Waals surface area (Å²) in [6.45, 7) is 20.4. The van der Waals surface area contributed by atoms with Crippen LogP contribution in [0.2, 0.25) is 0 Å². The van der Waals surface area contributed by atoms with Crippen molar-refractivity contribution in [1.82, 2.24) is 29.2 Å². The minimum Gasteiger partial charge on any atom is -0.497 e. The number of aromatic carboxylic acids is 1. The van der Waals surface area contributed by atoms with Crippen molar-refractivity contribution < 1.29 is 101 Å². The van der Waals surface area contributed by atoms with E-state index in [2.05, 4.69) is 52.9 Å². The van der Waals surface area contributed by atoms with Crippen molar-refractivity contribution in [2.75, 3.05) is 42.7 Å². The molecule has 0 unspecified atom stereocenters. The third-order valence-electron chi connectivity index (χ3n) is 14.7. The highest BCUT2D eigenvalue weighted by atomic mass is 16.8. The molecule has 0 saturated carbocycles. The van der Waals surface area contributed by atoms with Gasteiger partial charge in [-0.15, -0.1) is 0 Å². The Balaban J connectivity index is 0.000000216. The minimum atomic E-state index is -1.39. The molecule has 0 saturated heterocycles. The summed E-state index contributed by atoms with van der Waals surface area (Å²) in [4.78, 5) is 91.6. The quantitative estimate of drug-likeness (QED) is 0.0161. The van der Waals surface area contributed by atoms with E-state index in [1.165, 1.54) is 44.2 Å². The highest BCUT2D eigenvalue weighted by Gasteiger charge is 2.31. The summed E-state index contributed by atoms with van der Waals surface area (Å²) in [6.07, 6.45) is -0.317. The first kappa shape index (κ1) is 87.1. The number of carbonyl (C=O) groups excluding carboxylic acids is 6. The number of carbonyl (C=O) groups is 7. The molecule has 0 aliphatic heterocycles. The SMILES string of the molecule is CC(C)(C)OC(=O)OC(=O)OC(C)(C)C.COC(=O)c1cccc(-c2noc(-c3[nH]c4cc(OC)ccc4c3C#N)n2)c1.COC(=O)c1cccc(/C(N)=N/O)c1.COc1ccc2c(C#N)c(C(=O)O)n(C(=O)OC(C)(C)C)c2c1.COc1ccc2c(C#N)c[nH]c2c1.COc1ccc2c(C#N)cn(C(=O)OC(C)(C)C)c2c1. The first-order chi connectivity index (χ1) is 53.2. The van der Waals surface area contributed by atoms with Gasteiger partial charge in [-0.3, -0.25) is 4.57 Å². The molecule has 0 atom stereocenters. The lowest BCUT2D eigenvalue weighted by atomic mass is 10.1. The number of benzene rings is 6. The summed E-state index contributed by atoms with van der Waals surface area (Å²) >= 11 is 0. The summed E-state index contributed by atoms with van der Waals surface area (Å²) in [5.74, 6) is 0.615. The third-order valence-corrected chi connectivity index (χ3v) is 14.7. The lowest BCUT2D eigenvalue weighted by Crippen LogP contribution is -2.29. The number of nitrogens with one attached hydrogen (secondary N) is 2. The van der Waals surface area contributed by atoms with Gasteiger partial charge in [0.05, 0.1) is 98.1 Å². The number of rotatable bonds is 10. The number of methoxy groups -OCH3 is 6. The van der Waals surface area contributed by atoms with Crippen LogP contribution in [0.5, 0.6) is 23.0 Å². The predicted molar refractivity (Wildman–Crippen MR) is 410 cm³/mol. The Bertz CT molecular complexity index is 5520. The Morgan fingerprint density at radius 3 is 1.49 bits per heavy atom. The molecule has 0 bridgehead atoms. The van der Waals surface area contributed by atoms with Gasteiger partial charge >= 0.3 is 42.4 Å². The molecule has 113 heavy (non-hydrogen) atoms. The zero-order chi connectivity index (χ0) is 84.0. The summed E-state index contributed by atoms with van der Waals surface area (Å²) in [6, 6.07) is 42.0. The predicted octanol–water partition coefficient (Wildman–Crippen LogP) is 15.3. The highest BCUT2D eigenvalue weighted by Crippen LogP contribution is 2.34. The minimum absolute atomic E-state index is 0.0456. The van der Waals surface area contributed by atoms with E-state index in [0.29, 0.717) is 84.0 Å². The second-order valence-electron chi connectivity index (χ2n) is 27.4. The largest absolute Gasteiger partial charge is 0.519 e. The summed E-state index contributed by atoms with van der Waals surface area (Å²) < 4.78 is 61.8.